The summed E-state index contributed by atoms with van der Waals surface area (Å²) in [7, 11) is 0. The van der Waals surface area contributed by atoms with E-state index in [1.165, 1.54) is 16.6 Å². The summed E-state index contributed by atoms with van der Waals surface area (Å²) in [6.45, 7) is 3.93. The van der Waals surface area contributed by atoms with Crippen molar-refractivity contribution in [1.82, 2.24) is 0 Å². The van der Waals surface area contributed by atoms with E-state index in [2.05, 4.69) is 0 Å². The molecular weight excluding hydrogens is 176 g/mol. The minimum atomic E-state index is 0.242. The molecule has 3 heteroatoms. The number of thioether (sulfide) groups is 1. The highest BCUT2D eigenvalue weighted by atomic mass is 32.2. The zero-order valence-electron chi connectivity index (χ0n) is 6.59. The van der Waals surface area contributed by atoms with Crippen molar-refractivity contribution in [2.75, 3.05) is 0 Å². The highest BCUT2D eigenvalue weighted by molar-refractivity contribution is 8.15. The summed E-state index contributed by atoms with van der Waals surface area (Å²) < 4.78 is 1.11. The summed E-state index contributed by atoms with van der Waals surface area (Å²) >= 11 is 3.02. The first-order valence-electron chi connectivity index (χ1n) is 3.49. The molecule has 1 rings (SSSR count). The van der Waals surface area contributed by atoms with Crippen molar-refractivity contribution in [3.05, 3.63) is 17.0 Å². The van der Waals surface area contributed by atoms with E-state index in [0.717, 1.165) is 4.21 Å². The lowest BCUT2D eigenvalue weighted by Gasteiger charge is -1.90. The third-order valence-electron chi connectivity index (χ3n) is 1.22. The number of aryl methyl sites for hydroxylation is 1. The molecule has 0 aliphatic rings. The molecule has 0 aliphatic carbocycles. The molecule has 0 fully saturated rings. The van der Waals surface area contributed by atoms with Crippen LogP contribution in [0.5, 0.6) is 0 Å². The molecule has 0 spiro atoms. The van der Waals surface area contributed by atoms with Crippen LogP contribution < -0.4 is 0 Å². The fourth-order valence-corrected chi connectivity index (χ4v) is 2.59. The van der Waals surface area contributed by atoms with E-state index in [9.17, 15) is 4.79 Å². The zero-order chi connectivity index (χ0) is 8.27. The predicted molar refractivity (Wildman–Crippen MR) is 50.2 cm³/mol. The first-order chi connectivity index (χ1) is 5.22. The first-order valence-corrected chi connectivity index (χ1v) is 5.12. The lowest BCUT2D eigenvalue weighted by atomic mass is 10.5. The molecule has 11 heavy (non-hydrogen) atoms. The Kier molecular flexibility index (Phi) is 3.15. The van der Waals surface area contributed by atoms with Crippen molar-refractivity contribution in [3.63, 3.8) is 0 Å². The molecule has 0 saturated carbocycles. The van der Waals surface area contributed by atoms with Gasteiger partial charge in [-0.05, 0) is 30.8 Å². The molecule has 0 amide bonds. The van der Waals surface area contributed by atoms with Crippen molar-refractivity contribution in [1.29, 1.82) is 0 Å². The number of hydrogen-bond donors (Lipinski definition) is 0. The Morgan fingerprint density at radius 1 is 1.64 bits per heavy atom. The molecule has 0 bridgehead atoms. The maximum Gasteiger partial charge on any atom is 0.194 e. The van der Waals surface area contributed by atoms with E-state index in [1.54, 1.807) is 11.3 Å². The molecule has 0 aliphatic heterocycles. The van der Waals surface area contributed by atoms with E-state index >= 15 is 0 Å². The summed E-state index contributed by atoms with van der Waals surface area (Å²) in [5.41, 5.74) is 0. The Bertz CT molecular complexity index is 252. The van der Waals surface area contributed by atoms with Gasteiger partial charge in [0.2, 0.25) is 0 Å². The second kappa shape index (κ2) is 3.93. The van der Waals surface area contributed by atoms with Gasteiger partial charge in [-0.3, -0.25) is 4.79 Å². The average Bonchev–Trinajstić information content (AvgIpc) is 2.35. The summed E-state index contributed by atoms with van der Waals surface area (Å²) in [5, 5.41) is 0.242. The Labute approximate surface area is 74.8 Å². The van der Waals surface area contributed by atoms with Gasteiger partial charge in [0.25, 0.3) is 0 Å². The van der Waals surface area contributed by atoms with Gasteiger partial charge in [0.05, 0.1) is 4.21 Å². The number of carbonyl (C=O) groups is 1. The third-order valence-corrected chi connectivity index (χ3v) is 3.37. The van der Waals surface area contributed by atoms with Crippen LogP contribution in [0.2, 0.25) is 0 Å². The monoisotopic (exact) mass is 186 g/mol. The molecule has 0 N–H and O–H groups in total. The molecule has 1 aromatic rings. The third kappa shape index (κ3) is 2.67. The number of hydrogen-bond acceptors (Lipinski definition) is 3. The molecule has 0 saturated heterocycles. The van der Waals surface area contributed by atoms with Crippen molar-refractivity contribution >= 4 is 28.2 Å². The molecular formula is C8H10OS2. The summed E-state index contributed by atoms with van der Waals surface area (Å²) in [6.07, 6.45) is 0.613. The van der Waals surface area contributed by atoms with Crippen molar-refractivity contribution in [3.8, 4) is 0 Å². The smallest absolute Gasteiger partial charge is 0.194 e. The van der Waals surface area contributed by atoms with Crippen LogP contribution in [0.1, 0.15) is 18.2 Å². The van der Waals surface area contributed by atoms with E-state index in [1.807, 2.05) is 26.0 Å². The Hall–Kier alpha value is -0.280. The zero-order valence-corrected chi connectivity index (χ0v) is 8.22. The van der Waals surface area contributed by atoms with Gasteiger partial charge in [-0.2, -0.15) is 0 Å². The highest BCUT2D eigenvalue weighted by Gasteiger charge is 2.02. The fourth-order valence-electron chi connectivity index (χ4n) is 0.651. The Morgan fingerprint density at radius 2 is 2.36 bits per heavy atom. The molecule has 1 aromatic heterocycles. The molecule has 1 nitrogen and oxygen atoms in total. The second-order valence-corrected chi connectivity index (χ2v) is 4.84. The van der Waals surface area contributed by atoms with Gasteiger partial charge in [-0.15, -0.1) is 11.3 Å². The van der Waals surface area contributed by atoms with Crippen molar-refractivity contribution < 1.29 is 4.79 Å². The lowest BCUT2D eigenvalue weighted by Crippen LogP contribution is -1.83. The lowest BCUT2D eigenvalue weighted by molar-refractivity contribution is -0.110. The largest absolute Gasteiger partial charge is 0.287 e. The van der Waals surface area contributed by atoms with Crippen LogP contribution in [0.3, 0.4) is 0 Å². The number of rotatable bonds is 2. The molecule has 0 unspecified atom stereocenters. The van der Waals surface area contributed by atoms with Gasteiger partial charge in [-0.25, -0.2) is 0 Å². The molecule has 0 atom stereocenters. The molecule has 0 aromatic carbocycles. The maximum absolute atomic E-state index is 11.0. The quantitative estimate of drug-likeness (QED) is 0.660. The van der Waals surface area contributed by atoms with Crippen LogP contribution in [-0.4, -0.2) is 5.12 Å². The van der Waals surface area contributed by atoms with Gasteiger partial charge in [0, 0.05) is 11.3 Å². The van der Waals surface area contributed by atoms with Crippen LogP contribution in [0, 0.1) is 6.92 Å². The molecule has 0 radical (unpaired) electrons. The van der Waals surface area contributed by atoms with Crippen LogP contribution >= 0.6 is 23.1 Å². The van der Waals surface area contributed by atoms with Crippen LogP contribution in [0.25, 0.3) is 0 Å². The van der Waals surface area contributed by atoms with E-state index in [-0.39, 0.29) is 5.12 Å². The van der Waals surface area contributed by atoms with Gasteiger partial charge in [0.15, 0.2) is 5.12 Å². The van der Waals surface area contributed by atoms with E-state index < -0.39 is 0 Å². The number of thiophene rings is 1. The summed E-state index contributed by atoms with van der Waals surface area (Å²) in [6, 6.07) is 4.04. The topological polar surface area (TPSA) is 17.1 Å². The second-order valence-electron chi connectivity index (χ2n) is 2.19. The summed E-state index contributed by atoms with van der Waals surface area (Å²) in [4.78, 5) is 12.2. The molecule has 60 valence electrons. The first kappa shape index (κ1) is 8.81. The standard InChI is InChI=1S/C8H10OS2/c1-3-7(9)11-8-5-4-6(2)10-8/h4-5H,3H2,1-2H3. The van der Waals surface area contributed by atoms with Gasteiger partial charge in [0.1, 0.15) is 0 Å². The average molecular weight is 186 g/mol. The SMILES string of the molecule is CCC(=O)Sc1ccc(C)s1. The van der Waals surface area contributed by atoms with Gasteiger partial charge in [-0.1, -0.05) is 6.92 Å². The number of carbonyl (C=O) groups excluding carboxylic acids is 1. The fraction of sp³-hybridized carbons (Fsp3) is 0.375. The van der Waals surface area contributed by atoms with Crippen molar-refractivity contribution in [2.24, 2.45) is 0 Å². The van der Waals surface area contributed by atoms with E-state index in [4.69, 9.17) is 0 Å². The minimum Gasteiger partial charge on any atom is -0.287 e. The van der Waals surface area contributed by atoms with Gasteiger partial charge >= 0.3 is 0 Å². The van der Waals surface area contributed by atoms with Crippen LogP contribution in [0.4, 0.5) is 0 Å². The predicted octanol–water partition coefficient (Wildman–Crippen LogP) is 3.09. The Balaban J connectivity index is 2.57. The molecule has 1 heterocycles. The van der Waals surface area contributed by atoms with E-state index in [0.29, 0.717) is 6.42 Å². The maximum atomic E-state index is 11.0. The highest BCUT2D eigenvalue weighted by Crippen LogP contribution is 2.27. The Morgan fingerprint density at radius 3 is 2.82 bits per heavy atom. The van der Waals surface area contributed by atoms with Gasteiger partial charge < -0.3 is 0 Å². The minimum absolute atomic E-state index is 0.242. The van der Waals surface area contributed by atoms with Crippen LogP contribution in [-0.2, 0) is 4.79 Å². The summed E-state index contributed by atoms with van der Waals surface area (Å²) in [5.74, 6) is 0. The van der Waals surface area contributed by atoms with Crippen LogP contribution in [0.15, 0.2) is 16.3 Å². The van der Waals surface area contributed by atoms with Crippen molar-refractivity contribution in [2.45, 2.75) is 24.5 Å². The normalized spacial score (nSPS) is 10.0.